The summed E-state index contributed by atoms with van der Waals surface area (Å²) in [5.41, 5.74) is 3.77. The zero-order valence-electron chi connectivity index (χ0n) is 19.4. The number of anilines is 1. The van der Waals surface area contributed by atoms with Gasteiger partial charge in [-0.15, -0.1) is 0 Å². The third kappa shape index (κ3) is 3.24. The van der Waals surface area contributed by atoms with Crippen molar-refractivity contribution < 1.29 is 30.9 Å². The fourth-order valence-corrected chi connectivity index (χ4v) is 4.00. The predicted octanol–water partition coefficient (Wildman–Crippen LogP) is 4.19. The van der Waals surface area contributed by atoms with Crippen LogP contribution in [0, 0.1) is 0 Å². The van der Waals surface area contributed by atoms with Crippen LogP contribution < -0.4 is 5.73 Å². The third-order valence-corrected chi connectivity index (χ3v) is 5.60. The van der Waals surface area contributed by atoms with E-state index >= 15 is 0 Å². The van der Waals surface area contributed by atoms with Crippen molar-refractivity contribution in [2.45, 2.75) is 24.6 Å². The number of carbonyl (C=O) groups is 1. The molecule has 1 atom stereocenters. The molecule has 1 aliphatic carbocycles. The number of hydrogen-bond acceptors (Lipinski definition) is 5. The summed E-state index contributed by atoms with van der Waals surface area (Å²) in [6.45, 7) is -3.22. The maximum atomic E-state index is 14.8. The molecule has 0 radical (unpaired) electrons. The van der Waals surface area contributed by atoms with E-state index in [0.717, 1.165) is 6.07 Å². The molecule has 0 fully saturated rings. The molecule has 2 N–H and O–H groups in total. The number of amides is 1. The monoisotopic (exact) mass is 465 g/mol. The average Bonchev–Trinajstić information content (AvgIpc) is 3.36. The number of carbonyl (C=O) groups excluding carboxylic acids is 1. The van der Waals surface area contributed by atoms with Crippen molar-refractivity contribution >= 4 is 28.3 Å². The molecule has 0 spiro atoms. The van der Waals surface area contributed by atoms with Gasteiger partial charge in [-0.25, -0.2) is 23.7 Å². The first-order valence-electron chi connectivity index (χ1n) is 11.0. The highest BCUT2D eigenvalue weighted by Crippen LogP contribution is 2.50. The Morgan fingerprint density at radius 3 is 2.79 bits per heavy atom. The highest BCUT2D eigenvalue weighted by molar-refractivity contribution is 5.96. The number of pyridine rings is 1. The van der Waals surface area contributed by atoms with Crippen LogP contribution in [0.4, 0.5) is 27.8 Å². The first-order chi connectivity index (χ1) is 16.7. The topological polar surface area (TPSA) is 89.4 Å². The molecular formula is C21H15F5N6O. The molecule has 170 valence electrons. The van der Waals surface area contributed by atoms with Gasteiger partial charge < -0.3 is 10.6 Å². The zero-order chi connectivity index (χ0) is 26.2. The molecule has 1 amide bonds. The molecule has 3 heterocycles. The summed E-state index contributed by atoms with van der Waals surface area (Å²) in [7, 11) is 0. The zero-order valence-corrected chi connectivity index (χ0v) is 16.4. The van der Waals surface area contributed by atoms with Crippen LogP contribution in [0.15, 0.2) is 43.0 Å². The lowest BCUT2D eigenvalue weighted by atomic mass is 10.0. The van der Waals surface area contributed by atoms with Gasteiger partial charge in [-0.3, -0.25) is 9.20 Å². The summed E-state index contributed by atoms with van der Waals surface area (Å²) < 4.78 is 94.1. The second-order valence-corrected chi connectivity index (χ2v) is 7.60. The van der Waals surface area contributed by atoms with Gasteiger partial charge in [0.1, 0.15) is 22.5 Å². The number of fused-ring (bicyclic) bond motifs is 4. The predicted molar refractivity (Wildman–Crippen MR) is 107 cm³/mol. The summed E-state index contributed by atoms with van der Waals surface area (Å²) in [5, 5.41) is 0. The van der Waals surface area contributed by atoms with E-state index in [1.54, 1.807) is 0 Å². The van der Waals surface area contributed by atoms with E-state index in [-0.39, 0.29) is 27.9 Å². The number of nitrogen functional groups attached to an aromatic ring is 1. The number of nitrogens with zero attached hydrogens (tertiary/aromatic N) is 5. The Morgan fingerprint density at radius 2 is 2.06 bits per heavy atom. The highest BCUT2D eigenvalue weighted by atomic mass is 19.4. The molecule has 1 aliphatic rings. The minimum Gasteiger partial charge on any atom is -0.382 e. The number of hydrogen-bond donors (Lipinski definition) is 1. The molecule has 0 bridgehead atoms. The van der Waals surface area contributed by atoms with Crippen LogP contribution in [0.5, 0.6) is 0 Å². The molecule has 1 aromatic carbocycles. The van der Waals surface area contributed by atoms with E-state index in [4.69, 9.17) is 9.85 Å². The van der Waals surface area contributed by atoms with Crippen molar-refractivity contribution in [1.29, 1.82) is 0 Å². The highest BCUT2D eigenvalue weighted by Gasteiger charge is 2.48. The third-order valence-electron chi connectivity index (χ3n) is 5.60. The minimum atomic E-state index is -4.88. The number of imidazole rings is 1. The van der Waals surface area contributed by atoms with E-state index < -0.39 is 54.3 Å². The van der Waals surface area contributed by atoms with E-state index in [1.807, 2.05) is 0 Å². The van der Waals surface area contributed by atoms with Gasteiger partial charge in [0.25, 0.3) is 11.8 Å². The lowest BCUT2D eigenvalue weighted by Gasteiger charge is -2.25. The second kappa shape index (κ2) is 6.83. The van der Waals surface area contributed by atoms with Crippen molar-refractivity contribution in [3.63, 3.8) is 0 Å². The van der Waals surface area contributed by atoms with Gasteiger partial charge in [-0.1, -0.05) is 6.07 Å². The molecule has 3 aromatic heterocycles. The van der Waals surface area contributed by atoms with Gasteiger partial charge >= 0.3 is 6.18 Å². The van der Waals surface area contributed by atoms with Crippen LogP contribution in [0.3, 0.4) is 0 Å². The number of alkyl halides is 5. The smallest absolute Gasteiger partial charge is 0.382 e. The molecule has 0 aliphatic heterocycles. The SMILES string of the molecule is [2H]C([2H])([2H])N(C(=O)c1cc2c(cn1)nc(N)c1cncn12)[C@@H]1CC(F)(F)c2cc(C(F)(F)F)ccc21. The van der Waals surface area contributed by atoms with Gasteiger partial charge in [-0.2, -0.15) is 13.2 Å². The molecule has 0 unspecified atom stereocenters. The number of nitrogens with two attached hydrogens (primary N) is 1. The summed E-state index contributed by atoms with van der Waals surface area (Å²) in [4.78, 5) is 25.7. The Labute approximate surface area is 186 Å². The first kappa shape index (κ1) is 17.7. The fourth-order valence-electron chi connectivity index (χ4n) is 4.00. The molecule has 0 saturated carbocycles. The van der Waals surface area contributed by atoms with E-state index in [2.05, 4.69) is 15.0 Å². The van der Waals surface area contributed by atoms with Crippen LogP contribution in [0.25, 0.3) is 16.6 Å². The molecule has 12 heteroatoms. The summed E-state index contributed by atoms with van der Waals surface area (Å²) >= 11 is 0. The van der Waals surface area contributed by atoms with Crippen molar-refractivity contribution in [2.75, 3.05) is 12.7 Å². The molecule has 0 saturated heterocycles. The summed E-state index contributed by atoms with van der Waals surface area (Å²) in [6, 6.07) is 1.14. The Hall–Kier alpha value is -3.83. The summed E-state index contributed by atoms with van der Waals surface area (Å²) in [6.07, 6.45) is -2.11. The average molecular weight is 465 g/mol. The van der Waals surface area contributed by atoms with Crippen molar-refractivity contribution in [3.05, 3.63) is 65.4 Å². The van der Waals surface area contributed by atoms with Gasteiger partial charge in [0.15, 0.2) is 0 Å². The second-order valence-electron chi connectivity index (χ2n) is 7.60. The van der Waals surface area contributed by atoms with Crippen molar-refractivity contribution in [2.24, 2.45) is 0 Å². The van der Waals surface area contributed by atoms with Crippen LogP contribution in [0.1, 0.15) is 43.8 Å². The quantitative estimate of drug-likeness (QED) is 0.449. The van der Waals surface area contributed by atoms with Gasteiger partial charge in [0.2, 0.25) is 0 Å². The van der Waals surface area contributed by atoms with Crippen LogP contribution in [-0.2, 0) is 12.1 Å². The number of aromatic nitrogens is 4. The van der Waals surface area contributed by atoms with Gasteiger partial charge in [0.05, 0.1) is 35.8 Å². The maximum absolute atomic E-state index is 14.8. The lowest BCUT2D eigenvalue weighted by molar-refractivity contribution is -0.137. The normalized spacial score (nSPS) is 19.2. The van der Waals surface area contributed by atoms with Crippen LogP contribution in [-0.4, -0.2) is 37.1 Å². The summed E-state index contributed by atoms with van der Waals surface area (Å²) in [5.74, 6) is -4.88. The first-order valence-corrected chi connectivity index (χ1v) is 9.49. The Morgan fingerprint density at radius 1 is 1.27 bits per heavy atom. The number of halogens is 5. The molecule has 4 aromatic rings. The Bertz CT molecular complexity index is 1530. The Balaban J connectivity index is 1.62. The van der Waals surface area contributed by atoms with Crippen molar-refractivity contribution in [3.8, 4) is 0 Å². The van der Waals surface area contributed by atoms with Gasteiger partial charge in [-0.05, 0) is 23.8 Å². The van der Waals surface area contributed by atoms with E-state index in [9.17, 15) is 26.7 Å². The number of benzene rings is 1. The Kier molecular flexibility index (Phi) is 3.66. The fraction of sp³-hybridized carbons (Fsp3) is 0.238. The van der Waals surface area contributed by atoms with Crippen LogP contribution in [0.2, 0.25) is 0 Å². The minimum absolute atomic E-state index is 0.132. The van der Waals surface area contributed by atoms with Crippen LogP contribution >= 0.6 is 0 Å². The largest absolute Gasteiger partial charge is 0.416 e. The van der Waals surface area contributed by atoms with Crippen molar-refractivity contribution in [1.82, 2.24) is 24.3 Å². The number of rotatable bonds is 2. The molecule has 7 nitrogen and oxygen atoms in total. The van der Waals surface area contributed by atoms with E-state index in [1.165, 1.54) is 29.2 Å². The standard InChI is InChI=1S/C21H15F5N6O/c1-31(16-6-20(22,23)12-4-10(21(24,25)26)2-3-11(12)16)19(33)13-5-15-14(7-29-13)30-18(27)17-8-28-9-32(15)17/h2-5,7-9,16H,6H2,1H3,(H2,27,30)/t16-/m1/s1/i1D3. The lowest BCUT2D eigenvalue weighted by Crippen LogP contribution is -2.31. The van der Waals surface area contributed by atoms with E-state index in [0.29, 0.717) is 17.1 Å². The molecular weight excluding hydrogens is 447 g/mol. The molecule has 33 heavy (non-hydrogen) atoms. The molecule has 5 rings (SSSR count). The maximum Gasteiger partial charge on any atom is 0.416 e. The van der Waals surface area contributed by atoms with Gasteiger partial charge in [0, 0.05) is 23.1 Å².